The van der Waals surface area contributed by atoms with E-state index < -0.39 is 13.9 Å². The Morgan fingerprint density at radius 2 is 1.21 bits per heavy atom. The number of carboxylic acid groups (broad SMARTS) is 1. The Kier molecular flexibility index (Phi) is 5.32. The molecule has 0 fully saturated rings. The third-order valence-electron chi connectivity index (χ3n) is 4.59. The molecule has 2 nitrogen and oxygen atoms in total. The van der Waals surface area contributed by atoms with Gasteiger partial charge in [0, 0.05) is 0 Å². The first kappa shape index (κ1) is 18.2. The van der Waals surface area contributed by atoms with Crippen molar-refractivity contribution < 1.29 is 9.90 Å². The van der Waals surface area contributed by atoms with Crippen molar-refractivity contribution in [1.82, 2.24) is 0 Å². The normalized spacial score (nSPS) is 10.8. The highest BCUT2D eigenvalue weighted by atomic mass is 31.1. The van der Waals surface area contributed by atoms with Crippen molar-refractivity contribution in [3.63, 3.8) is 0 Å². The van der Waals surface area contributed by atoms with Crippen LogP contribution in [0.3, 0.4) is 0 Å². The van der Waals surface area contributed by atoms with Gasteiger partial charge in [0.05, 0.1) is 5.56 Å². The van der Waals surface area contributed by atoms with Crippen LogP contribution in [-0.4, -0.2) is 11.1 Å². The summed E-state index contributed by atoms with van der Waals surface area (Å²) in [5.74, 6) is -0.910. The number of carboxylic acids is 1. The van der Waals surface area contributed by atoms with Crippen molar-refractivity contribution in [1.29, 1.82) is 0 Å². The predicted molar refractivity (Wildman–Crippen MR) is 118 cm³/mol. The molecule has 0 saturated heterocycles. The summed E-state index contributed by atoms with van der Waals surface area (Å²) in [5.41, 5.74) is 2.30. The van der Waals surface area contributed by atoms with Crippen LogP contribution in [0.15, 0.2) is 109 Å². The van der Waals surface area contributed by atoms with Crippen LogP contribution in [0.25, 0.3) is 11.1 Å². The highest BCUT2D eigenvalue weighted by Gasteiger charge is 2.20. The minimum absolute atomic E-state index is 0.302. The molecule has 0 aliphatic heterocycles. The molecule has 0 amide bonds. The highest BCUT2D eigenvalue weighted by Crippen LogP contribution is 2.37. The van der Waals surface area contributed by atoms with E-state index in [1.807, 2.05) is 30.3 Å². The Morgan fingerprint density at radius 1 is 0.643 bits per heavy atom. The maximum atomic E-state index is 11.5. The fraction of sp³-hybridized carbons (Fsp3) is 0. The van der Waals surface area contributed by atoms with E-state index >= 15 is 0 Å². The van der Waals surface area contributed by atoms with Gasteiger partial charge in [0.2, 0.25) is 0 Å². The smallest absolute Gasteiger partial charge is 0.335 e. The van der Waals surface area contributed by atoms with E-state index in [0.717, 1.165) is 11.1 Å². The highest BCUT2D eigenvalue weighted by molar-refractivity contribution is 7.80. The predicted octanol–water partition coefficient (Wildman–Crippen LogP) is 4.81. The number of carbonyl (C=O) groups is 1. The van der Waals surface area contributed by atoms with Crippen molar-refractivity contribution in [2.75, 3.05) is 0 Å². The van der Waals surface area contributed by atoms with E-state index in [4.69, 9.17) is 0 Å². The third-order valence-corrected chi connectivity index (χ3v) is 7.10. The Bertz CT molecular complexity index is 1050. The minimum Gasteiger partial charge on any atom is -0.478 e. The zero-order chi connectivity index (χ0) is 19.3. The second-order valence-corrected chi connectivity index (χ2v) is 8.60. The molecule has 3 heteroatoms. The maximum Gasteiger partial charge on any atom is 0.335 e. The summed E-state index contributed by atoms with van der Waals surface area (Å²) in [4.78, 5) is 11.5. The van der Waals surface area contributed by atoms with Crippen LogP contribution in [0, 0.1) is 0 Å². The second-order valence-electron chi connectivity index (χ2n) is 6.41. The summed E-state index contributed by atoms with van der Waals surface area (Å²) < 4.78 is 0. The van der Waals surface area contributed by atoms with Gasteiger partial charge >= 0.3 is 5.97 Å². The Morgan fingerprint density at radius 3 is 1.82 bits per heavy atom. The average Bonchev–Trinajstić information content (AvgIpc) is 2.76. The number of rotatable bonds is 5. The average molecular weight is 382 g/mol. The molecule has 0 aliphatic carbocycles. The lowest BCUT2D eigenvalue weighted by Crippen LogP contribution is -2.22. The van der Waals surface area contributed by atoms with Crippen LogP contribution in [0.2, 0.25) is 0 Å². The zero-order valence-electron chi connectivity index (χ0n) is 15.2. The summed E-state index contributed by atoms with van der Waals surface area (Å²) >= 11 is 0. The van der Waals surface area contributed by atoms with E-state index in [1.165, 1.54) is 15.9 Å². The van der Waals surface area contributed by atoms with Crippen LogP contribution in [0.4, 0.5) is 0 Å². The Hall–Kier alpha value is -3.22. The lowest BCUT2D eigenvalue weighted by Gasteiger charge is -2.22. The zero-order valence-corrected chi connectivity index (χ0v) is 16.1. The topological polar surface area (TPSA) is 37.3 Å². The van der Waals surface area contributed by atoms with Crippen LogP contribution >= 0.6 is 7.92 Å². The first-order valence-electron chi connectivity index (χ1n) is 9.07. The van der Waals surface area contributed by atoms with Gasteiger partial charge in [-0.05, 0) is 47.1 Å². The summed E-state index contributed by atoms with van der Waals surface area (Å²) in [6.07, 6.45) is 0. The van der Waals surface area contributed by atoms with Crippen LogP contribution in [-0.2, 0) is 0 Å². The van der Waals surface area contributed by atoms with Gasteiger partial charge in [-0.15, -0.1) is 0 Å². The molecule has 136 valence electrons. The molecule has 4 rings (SSSR count). The van der Waals surface area contributed by atoms with Crippen LogP contribution in [0.5, 0.6) is 0 Å². The molecule has 0 saturated carbocycles. The number of hydrogen-bond donors (Lipinski definition) is 1. The van der Waals surface area contributed by atoms with Crippen molar-refractivity contribution in [3.8, 4) is 11.1 Å². The van der Waals surface area contributed by atoms with E-state index in [2.05, 4.69) is 66.7 Å². The van der Waals surface area contributed by atoms with E-state index in [1.54, 1.807) is 12.1 Å². The van der Waals surface area contributed by atoms with Crippen molar-refractivity contribution in [2.24, 2.45) is 0 Å². The molecular formula is C25H19O2P. The molecule has 0 bridgehead atoms. The molecule has 0 unspecified atom stereocenters. The van der Waals surface area contributed by atoms with Gasteiger partial charge in [-0.25, -0.2) is 4.79 Å². The maximum absolute atomic E-state index is 11.5. The fourth-order valence-electron chi connectivity index (χ4n) is 3.31. The van der Waals surface area contributed by atoms with Crippen LogP contribution in [0.1, 0.15) is 10.4 Å². The van der Waals surface area contributed by atoms with Crippen molar-refractivity contribution in [2.45, 2.75) is 0 Å². The lowest BCUT2D eigenvalue weighted by atomic mass is 10.0. The molecule has 0 aromatic heterocycles. The molecule has 0 spiro atoms. The first-order valence-corrected chi connectivity index (χ1v) is 10.4. The summed E-state index contributed by atoms with van der Waals surface area (Å²) in [7, 11) is -0.763. The molecule has 0 heterocycles. The monoisotopic (exact) mass is 382 g/mol. The van der Waals surface area contributed by atoms with E-state index in [9.17, 15) is 9.90 Å². The fourth-order valence-corrected chi connectivity index (χ4v) is 5.79. The quantitative estimate of drug-likeness (QED) is 0.503. The van der Waals surface area contributed by atoms with E-state index in [-0.39, 0.29) is 0 Å². The first-order chi connectivity index (χ1) is 13.7. The van der Waals surface area contributed by atoms with Gasteiger partial charge in [-0.1, -0.05) is 97.1 Å². The number of aromatic carboxylic acids is 1. The van der Waals surface area contributed by atoms with Gasteiger partial charge in [-0.3, -0.25) is 0 Å². The van der Waals surface area contributed by atoms with Crippen LogP contribution < -0.4 is 15.9 Å². The number of benzene rings is 4. The summed E-state index contributed by atoms with van der Waals surface area (Å²) in [6.45, 7) is 0. The van der Waals surface area contributed by atoms with Crippen molar-refractivity contribution in [3.05, 3.63) is 115 Å². The molecule has 4 aromatic rings. The van der Waals surface area contributed by atoms with Gasteiger partial charge in [0.25, 0.3) is 0 Å². The van der Waals surface area contributed by atoms with Gasteiger partial charge in [-0.2, -0.15) is 0 Å². The SMILES string of the molecule is O=C(O)c1cccc(-c2ccccc2P(c2ccccc2)c2ccccc2)c1. The molecule has 0 atom stereocenters. The Labute approximate surface area is 165 Å². The second kappa shape index (κ2) is 8.21. The third kappa shape index (κ3) is 3.74. The van der Waals surface area contributed by atoms with Gasteiger partial charge < -0.3 is 5.11 Å². The summed E-state index contributed by atoms with van der Waals surface area (Å²) in [5, 5.41) is 13.2. The molecule has 1 N–H and O–H groups in total. The largest absolute Gasteiger partial charge is 0.478 e. The van der Waals surface area contributed by atoms with Gasteiger partial charge in [0.15, 0.2) is 0 Å². The van der Waals surface area contributed by atoms with Gasteiger partial charge in [0.1, 0.15) is 0 Å². The lowest BCUT2D eigenvalue weighted by molar-refractivity contribution is 0.0697. The molecule has 0 aliphatic rings. The molecule has 0 radical (unpaired) electrons. The number of hydrogen-bond acceptors (Lipinski definition) is 1. The van der Waals surface area contributed by atoms with Crippen molar-refractivity contribution >= 4 is 29.8 Å². The molecule has 4 aromatic carbocycles. The Balaban J connectivity index is 1.92. The summed E-state index contributed by atoms with van der Waals surface area (Å²) in [6, 6.07) is 36.5. The van der Waals surface area contributed by atoms with E-state index in [0.29, 0.717) is 5.56 Å². The molecular weight excluding hydrogens is 363 g/mol. The standard InChI is InChI=1S/C25H19O2P/c26-25(27)20-11-9-10-19(18-20)23-16-7-8-17-24(23)28(21-12-3-1-4-13-21)22-14-5-2-6-15-22/h1-18H,(H,26,27). The molecule has 28 heavy (non-hydrogen) atoms. The minimum atomic E-state index is -0.910.